The average molecular weight is 221 g/mol. The molecule has 0 saturated heterocycles. The standard InChI is InChI=1S/C12H19N3O/c1-12(5-3-4-6-12)14-11(16)10-7-9(13)8-15(10)2/h7-8H,3-6,13H2,1-2H3,(H,14,16). The summed E-state index contributed by atoms with van der Waals surface area (Å²) in [4.78, 5) is 12.1. The lowest BCUT2D eigenvalue weighted by Gasteiger charge is -2.25. The number of hydrogen-bond donors (Lipinski definition) is 2. The third kappa shape index (κ3) is 2.05. The van der Waals surface area contributed by atoms with E-state index in [-0.39, 0.29) is 11.4 Å². The molecule has 0 unspecified atom stereocenters. The number of nitrogens with two attached hydrogens (primary N) is 1. The van der Waals surface area contributed by atoms with Crippen molar-refractivity contribution >= 4 is 11.6 Å². The molecule has 0 bridgehead atoms. The van der Waals surface area contributed by atoms with Gasteiger partial charge in [0, 0.05) is 18.8 Å². The van der Waals surface area contributed by atoms with Crippen LogP contribution in [-0.4, -0.2) is 16.0 Å². The Bertz CT molecular complexity index is 402. The lowest BCUT2D eigenvalue weighted by Crippen LogP contribution is -2.44. The topological polar surface area (TPSA) is 60.0 Å². The van der Waals surface area contributed by atoms with Gasteiger partial charge in [-0.15, -0.1) is 0 Å². The number of carbonyl (C=O) groups excluding carboxylic acids is 1. The summed E-state index contributed by atoms with van der Waals surface area (Å²) in [7, 11) is 1.84. The van der Waals surface area contributed by atoms with Crippen LogP contribution in [0.5, 0.6) is 0 Å². The second kappa shape index (κ2) is 3.85. The van der Waals surface area contributed by atoms with E-state index in [1.165, 1.54) is 12.8 Å². The number of amides is 1. The van der Waals surface area contributed by atoms with Gasteiger partial charge in [-0.1, -0.05) is 12.8 Å². The molecule has 0 aromatic carbocycles. The highest BCUT2D eigenvalue weighted by molar-refractivity contribution is 5.94. The molecule has 1 fully saturated rings. The molecule has 2 rings (SSSR count). The maximum Gasteiger partial charge on any atom is 0.268 e. The second-order valence-electron chi connectivity index (χ2n) is 4.99. The first-order valence-corrected chi connectivity index (χ1v) is 5.74. The monoisotopic (exact) mass is 221 g/mol. The number of hydrogen-bond acceptors (Lipinski definition) is 2. The van der Waals surface area contributed by atoms with Crippen molar-refractivity contribution in [3.63, 3.8) is 0 Å². The third-order valence-corrected chi connectivity index (χ3v) is 3.38. The van der Waals surface area contributed by atoms with E-state index in [0.29, 0.717) is 11.4 Å². The van der Waals surface area contributed by atoms with Gasteiger partial charge in [0.25, 0.3) is 5.91 Å². The predicted octanol–water partition coefficient (Wildman–Crippen LogP) is 1.67. The van der Waals surface area contributed by atoms with E-state index >= 15 is 0 Å². The summed E-state index contributed by atoms with van der Waals surface area (Å²) in [5, 5.41) is 3.11. The lowest BCUT2D eigenvalue weighted by atomic mass is 10.0. The lowest BCUT2D eigenvalue weighted by molar-refractivity contribution is 0.0899. The van der Waals surface area contributed by atoms with Crippen molar-refractivity contribution < 1.29 is 4.79 Å². The molecule has 1 aliphatic rings. The van der Waals surface area contributed by atoms with Crippen LogP contribution < -0.4 is 11.1 Å². The zero-order chi connectivity index (χ0) is 11.8. The van der Waals surface area contributed by atoms with Crippen molar-refractivity contribution in [3.05, 3.63) is 18.0 Å². The Labute approximate surface area is 95.8 Å². The van der Waals surface area contributed by atoms with Crippen molar-refractivity contribution in [2.45, 2.75) is 38.1 Å². The predicted molar refractivity (Wildman–Crippen MR) is 64.2 cm³/mol. The molecule has 3 N–H and O–H groups in total. The highest BCUT2D eigenvalue weighted by Crippen LogP contribution is 2.29. The molecule has 1 heterocycles. The van der Waals surface area contributed by atoms with Gasteiger partial charge in [-0.05, 0) is 25.8 Å². The minimum atomic E-state index is -0.0316. The molecule has 1 amide bonds. The van der Waals surface area contributed by atoms with Crippen LogP contribution in [0.2, 0.25) is 0 Å². The molecular formula is C12H19N3O. The molecule has 1 aliphatic carbocycles. The van der Waals surface area contributed by atoms with E-state index in [1.54, 1.807) is 16.8 Å². The number of nitrogens with one attached hydrogen (secondary N) is 1. The fourth-order valence-corrected chi connectivity index (χ4v) is 2.43. The van der Waals surface area contributed by atoms with Gasteiger partial charge in [0.1, 0.15) is 5.69 Å². The van der Waals surface area contributed by atoms with Crippen LogP contribution >= 0.6 is 0 Å². The van der Waals surface area contributed by atoms with Crippen LogP contribution in [0.1, 0.15) is 43.1 Å². The Balaban J connectivity index is 2.11. The van der Waals surface area contributed by atoms with Crippen molar-refractivity contribution in [1.82, 2.24) is 9.88 Å². The third-order valence-electron chi connectivity index (χ3n) is 3.38. The van der Waals surface area contributed by atoms with Crippen molar-refractivity contribution in [3.8, 4) is 0 Å². The van der Waals surface area contributed by atoms with E-state index in [0.717, 1.165) is 12.8 Å². The number of aryl methyl sites for hydroxylation is 1. The minimum absolute atomic E-state index is 0.0244. The highest BCUT2D eigenvalue weighted by Gasteiger charge is 2.30. The molecule has 4 nitrogen and oxygen atoms in total. The van der Waals surface area contributed by atoms with E-state index < -0.39 is 0 Å². The summed E-state index contributed by atoms with van der Waals surface area (Å²) in [6.45, 7) is 2.12. The van der Waals surface area contributed by atoms with Gasteiger partial charge in [-0.2, -0.15) is 0 Å². The van der Waals surface area contributed by atoms with E-state index in [4.69, 9.17) is 5.73 Å². The molecule has 1 aromatic rings. The summed E-state index contributed by atoms with van der Waals surface area (Å²) >= 11 is 0. The minimum Gasteiger partial charge on any atom is -0.397 e. The SMILES string of the molecule is Cn1cc(N)cc1C(=O)NC1(C)CCCC1. The molecule has 1 aromatic heterocycles. The highest BCUT2D eigenvalue weighted by atomic mass is 16.2. The zero-order valence-electron chi connectivity index (χ0n) is 9.92. The van der Waals surface area contributed by atoms with Crippen LogP contribution in [-0.2, 0) is 7.05 Å². The number of carbonyl (C=O) groups is 1. The molecule has 0 atom stereocenters. The summed E-state index contributed by atoms with van der Waals surface area (Å²) in [6.07, 6.45) is 6.29. The van der Waals surface area contributed by atoms with Gasteiger partial charge in [0.05, 0.1) is 5.69 Å². The Morgan fingerprint density at radius 2 is 2.12 bits per heavy atom. The Hall–Kier alpha value is -1.45. The largest absolute Gasteiger partial charge is 0.397 e. The summed E-state index contributed by atoms with van der Waals surface area (Å²) in [5.41, 5.74) is 6.88. The van der Waals surface area contributed by atoms with Gasteiger partial charge < -0.3 is 15.6 Å². The number of rotatable bonds is 2. The van der Waals surface area contributed by atoms with Crippen LogP contribution in [0.4, 0.5) is 5.69 Å². The van der Waals surface area contributed by atoms with Gasteiger partial charge in [-0.25, -0.2) is 0 Å². The zero-order valence-corrected chi connectivity index (χ0v) is 9.92. The number of anilines is 1. The van der Waals surface area contributed by atoms with E-state index in [1.807, 2.05) is 7.05 Å². The van der Waals surface area contributed by atoms with E-state index in [9.17, 15) is 4.79 Å². The maximum absolute atomic E-state index is 12.1. The summed E-state index contributed by atoms with van der Waals surface area (Å²) in [6, 6.07) is 1.72. The molecule has 1 saturated carbocycles. The van der Waals surface area contributed by atoms with Gasteiger partial charge >= 0.3 is 0 Å². The molecule has 16 heavy (non-hydrogen) atoms. The number of aromatic nitrogens is 1. The maximum atomic E-state index is 12.1. The van der Waals surface area contributed by atoms with Crippen LogP contribution in [0.25, 0.3) is 0 Å². The molecule has 88 valence electrons. The van der Waals surface area contributed by atoms with Crippen LogP contribution in [0.3, 0.4) is 0 Å². The first-order valence-electron chi connectivity index (χ1n) is 5.74. The van der Waals surface area contributed by atoms with Gasteiger partial charge in [0.2, 0.25) is 0 Å². The average Bonchev–Trinajstić information content (AvgIpc) is 2.73. The van der Waals surface area contributed by atoms with Crippen molar-refractivity contribution in [2.24, 2.45) is 7.05 Å². The smallest absolute Gasteiger partial charge is 0.268 e. The van der Waals surface area contributed by atoms with Gasteiger partial charge in [0.15, 0.2) is 0 Å². The molecule has 0 spiro atoms. The summed E-state index contributed by atoms with van der Waals surface area (Å²) in [5.74, 6) is -0.0244. The number of nitrogens with zero attached hydrogens (tertiary/aromatic N) is 1. The Kier molecular flexibility index (Phi) is 2.66. The number of nitrogen functional groups attached to an aromatic ring is 1. The fraction of sp³-hybridized carbons (Fsp3) is 0.583. The molecular weight excluding hydrogens is 202 g/mol. The van der Waals surface area contributed by atoms with E-state index in [2.05, 4.69) is 12.2 Å². The Morgan fingerprint density at radius 1 is 1.50 bits per heavy atom. The molecule has 0 aliphatic heterocycles. The van der Waals surface area contributed by atoms with Crippen molar-refractivity contribution in [2.75, 3.05) is 5.73 Å². The molecule has 0 radical (unpaired) electrons. The first kappa shape index (κ1) is 11.0. The fourth-order valence-electron chi connectivity index (χ4n) is 2.43. The molecule has 4 heteroatoms. The van der Waals surface area contributed by atoms with Crippen LogP contribution in [0.15, 0.2) is 12.3 Å². The normalized spacial score (nSPS) is 18.6. The summed E-state index contributed by atoms with van der Waals surface area (Å²) < 4.78 is 1.77. The second-order valence-corrected chi connectivity index (χ2v) is 4.99. The van der Waals surface area contributed by atoms with Crippen molar-refractivity contribution in [1.29, 1.82) is 0 Å². The van der Waals surface area contributed by atoms with Gasteiger partial charge in [-0.3, -0.25) is 4.79 Å². The van der Waals surface area contributed by atoms with Crippen LogP contribution in [0, 0.1) is 0 Å². The first-order chi connectivity index (χ1) is 7.50. The quantitative estimate of drug-likeness (QED) is 0.798. The Morgan fingerprint density at radius 3 is 2.62 bits per heavy atom.